The fourth-order valence-corrected chi connectivity index (χ4v) is 0.698. The minimum Gasteiger partial charge on any atom is -0.376 e. The molecule has 0 fully saturated rings. The van der Waals surface area contributed by atoms with E-state index < -0.39 is 11.9 Å². The quantitative estimate of drug-likeness (QED) is 0.603. The summed E-state index contributed by atoms with van der Waals surface area (Å²) in [4.78, 5) is 10.1. The lowest BCUT2D eigenvalue weighted by molar-refractivity contribution is -0.188. The lowest BCUT2D eigenvalue weighted by Crippen LogP contribution is -2.33. The summed E-state index contributed by atoms with van der Waals surface area (Å²) >= 11 is 0. The van der Waals surface area contributed by atoms with Crippen LogP contribution >= 0.6 is 0 Å². The number of halogens is 2. The highest BCUT2D eigenvalue weighted by atomic mass is 19.2. The Morgan fingerprint density at radius 2 is 2.14 bits per heavy atom. The van der Waals surface area contributed by atoms with Crippen LogP contribution in [0.2, 0.25) is 0 Å². The van der Waals surface area contributed by atoms with E-state index in [-0.39, 0.29) is 12.7 Å². The smallest absolute Gasteiger partial charge is 0.365 e. The Labute approximate surface area is 82.4 Å². The topological polar surface area (TPSA) is 35.5 Å². The molecule has 3 nitrogen and oxygen atoms in total. The number of alkyl halides is 1. The third kappa shape index (κ3) is 5.24. The second kappa shape index (κ2) is 6.03. The van der Waals surface area contributed by atoms with Crippen LogP contribution in [0.1, 0.15) is 27.2 Å². The zero-order valence-electron chi connectivity index (χ0n) is 8.68. The largest absolute Gasteiger partial charge is 0.376 e. The van der Waals surface area contributed by atoms with E-state index in [0.29, 0.717) is 6.61 Å². The van der Waals surface area contributed by atoms with Crippen molar-refractivity contribution in [2.24, 2.45) is 0 Å². The van der Waals surface area contributed by atoms with Gasteiger partial charge in [-0.3, -0.25) is 4.79 Å². The number of rotatable bonds is 7. The van der Waals surface area contributed by atoms with Gasteiger partial charge in [-0.25, -0.2) is 4.39 Å². The molecule has 0 aliphatic carbocycles. The molecule has 0 rings (SSSR count). The Morgan fingerprint density at radius 1 is 1.57 bits per heavy atom. The molecule has 0 radical (unpaired) electrons. The molecular formula is C9H16F2O3. The van der Waals surface area contributed by atoms with Crippen LogP contribution in [-0.2, 0) is 14.3 Å². The lowest BCUT2D eigenvalue weighted by Gasteiger charge is -2.18. The molecule has 0 aliphatic heterocycles. The van der Waals surface area contributed by atoms with E-state index in [1.165, 1.54) is 0 Å². The molecule has 14 heavy (non-hydrogen) atoms. The van der Waals surface area contributed by atoms with Crippen molar-refractivity contribution in [3.63, 3.8) is 0 Å². The Balaban J connectivity index is 3.75. The van der Waals surface area contributed by atoms with Gasteiger partial charge in [-0.15, -0.1) is 0 Å². The first-order chi connectivity index (χ1) is 6.40. The van der Waals surface area contributed by atoms with Crippen LogP contribution in [-0.4, -0.2) is 31.2 Å². The number of carbonyl (C=O) groups is 1. The van der Waals surface area contributed by atoms with Gasteiger partial charge in [0.05, 0.1) is 12.7 Å². The summed E-state index contributed by atoms with van der Waals surface area (Å²) in [6.07, 6.45) is 0.476. The monoisotopic (exact) mass is 210 g/mol. The van der Waals surface area contributed by atoms with Crippen molar-refractivity contribution in [1.82, 2.24) is 0 Å². The standard InChI is InChI=1S/C9H16F2O3/c1-4-5-13-7(2)6-14-9(3,11)8(10)12/h7H,4-6H2,1-3H3. The van der Waals surface area contributed by atoms with Gasteiger partial charge in [-0.2, -0.15) is 4.39 Å². The van der Waals surface area contributed by atoms with Crippen LogP contribution in [0.5, 0.6) is 0 Å². The van der Waals surface area contributed by atoms with Gasteiger partial charge in [0.1, 0.15) is 0 Å². The van der Waals surface area contributed by atoms with Gasteiger partial charge in [0, 0.05) is 13.5 Å². The van der Waals surface area contributed by atoms with E-state index in [1.54, 1.807) is 6.92 Å². The maximum absolute atomic E-state index is 12.9. The first kappa shape index (κ1) is 13.4. The fraction of sp³-hybridized carbons (Fsp3) is 0.889. The summed E-state index contributed by atoms with van der Waals surface area (Å²) in [5.74, 6) is -2.86. The first-order valence-corrected chi connectivity index (χ1v) is 4.54. The van der Waals surface area contributed by atoms with Crippen molar-refractivity contribution >= 4 is 6.04 Å². The number of ether oxygens (including phenoxy) is 2. The second-order valence-corrected chi connectivity index (χ2v) is 3.18. The van der Waals surface area contributed by atoms with E-state index in [9.17, 15) is 13.6 Å². The Hall–Kier alpha value is -0.550. The van der Waals surface area contributed by atoms with Crippen LogP contribution in [0.4, 0.5) is 8.78 Å². The molecule has 84 valence electrons. The highest BCUT2D eigenvalue weighted by molar-refractivity contribution is 5.75. The summed E-state index contributed by atoms with van der Waals surface area (Å²) < 4.78 is 34.5. The van der Waals surface area contributed by atoms with Crippen LogP contribution in [0.3, 0.4) is 0 Å². The normalized spacial score (nSPS) is 17.5. The molecule has 0 heterocycles. The average molecular weight is 210 g/mol. The van der Waals surface area contributed by atoms with E-state index in [4.69, 9.17) is 4.74 Å². The number of carbonyl (C=O) groups excluding carboxylic acids is 1. The average Bonchev–Trinajstić information content (AvgIpc) is 2.11. The molecule has 0 aromatic rings. The molecule has 0 amide bonds. The van der Waals surface area contributed by atoms with Gasteiger partial charge in [0.25, 0.3) is 5.85 Å². The van der Waals surface area contributed by atoms with Crippen molar-refractivity contribution in [3.05, 3.63) is 0 Å². The van der Waals surface area contributed by atoms with Crippen LogP contribution in [0, 0.1) is 0 Å². The summed E-state index contributed by atoms with van der Waals surface area (Å²) in [5, 5.41) is 0. The van der Waals surface area contributed by atoms with Gasteiger partial charge >= 0.3 is 6.04 Å². The minimum atomic E-state index is -2.86. The third-order valence-electron chi connectivity index (χ3n) is 1.55. The van der Waals surface area contributed by atoms with Gasteiger partial charge in [0.2, 0.25) is 0 Å². The SMILES string of the molecule is CCCOC(C)COC(C)(F)C(=O)F. The molecule has 0 bridgehead atoms. The van der Waals surface area contributed by atoms with E-state index >= 15 is 0 Å². The summed E-state index contributed by atoms with van der Waals surface area (Å²) in [6, 6.07) is -2.12. The van der Waals surface area contributed by atoms with E-state index in [1.807, 2.05) is 6.92 Å². The molecule has 5 heteroatoms. The number of hydrogen-bond acceptors (Lipinski definition) is 3. The second-order valence-electron chi connectivity index (χ2n) is 3.18. The van der Waals surface area contributed by atoms with Crippen LogP contribution < -0.4 is 0 Å². The van der Waals surface area contributed by atoms with Gasteiger partial charge < -0.3 is 9.47 Å². The highest BCUT2D eigenvalue weighted by Gasteiger charge is 2.34. The maximum atomic E-state index is 12.9. The zero-order chi connectivity index (χ0) is 11.2. The molecule has 0 spiro atoms. The molecular weight excluding hydrogens is 194 g/mol. The molecule has 0 saturated heterocycles. The molecule has 0 aliphatic rings. The fourth-order valence-electron chi connectivity index (χ4n) is 0.698. The molecule has 0 N–H and O–H groups in total. The van der Waals surface area contributed by atoms with Crippen molar-refractivity contribution in [3.8, 4) is 0 Å². The summed E-state index contributed by atoms with van der Waals surface area (Å²) in [5.41, 5.74) is 0. The van der Waals surface area contributed by atoms with E-state index in [0.717, 1.165) is 13.3 Å². The molecule has 0 aromatic carbocycles. The molecule has 0 aromatic heterocycles. The summed E-state index contributed by atoms with van der Waals surface area (Å²) in [6.45, 7) is 4.70. The van der Waals surface area contributed by atoms with Gasteiger partial charge in [0.15, 0.2) is 0 Å². The summed E-state index contributed by atoms with van der Waals surface area (Å²) in [7, 11) is 0. The van der Waals surface area contributed by atoms with E-state index in [2.05, 4.69) is 4.74 Å². The first-order valence-electron chi connectivity index (χ1n) is 4.54. The molecule has 2 atom stereocenters. The third-order valence-corrected chi connectivity index (χ3v) is 1.55. The van der Waals surface area contributed by atoms with Crippen molar-refractivity contribution in [2.75, 3.05) is 13.2 Å². The van der Waals surface area contributed by atoms with Crippen LogP contribution in [0.15, 0.2) is 0 Å². The van der Waals surface area contributed by atoms with Crippen LogP contribution in [0.25, 0.3) is 0 Å². The van der Waals surface area contributed by atoms with Gasteiger partial charge in [-0.05, 0) is 13.3 Å². The van der Waals surface area contributed by atoms with Crippen molar-refractivity contribution in [1.29, 1.82) is 0 Å². The molecule has 0 saturated carbocycles. The lowest BCUT2D eigenvalue weighted by atomic mass is 10.3. The molecule has 2 unspecified atom stereocenters. The Morgan fingerprint density at radius 3 is 2.57 bits per heavy atom. The van der Waals surface area contributed by atoms with Gasteiger partial charge in [-0.1, -0.05) is 6.92 Å². The predicted molar refractivity (Wildman–Crippen MR) is 47.3 cm³/mol. The Bertz CT molecular complexity index is 183. The Kier molecular flexibility index (Phi) is 5.79. The van der Waals surface area contributed by atoms with Crippen molar-refractivity contribution < 1.29 is 23.0 Å². The minimum absolute atomic E-state index is 0.150. The number of hydrogen-bond donors (Lipinski definition) is 0. The van der Waals surface area contributed by atoms with Crippen molar-refractivity contribution in [2.45, 2.75) is 39.2 Å². The zero-order valence-corrected chi connectivity index (χ0v) is 8.68. The highest BCUT2D eigenvalue weighted by Crippen LogP contribution is 2.15. The maximum Gasteiger partial charge on any atom is 0.365 e. The predicted octanol–water partition coefficient (Wildman–Crippen LogP) is 2.00.